The molecule has 1 saturated heterocycles. The normalized spacial score (nSPS) is 14.3. The van der Waals surface area contributed by atoms with Crippen LogP contribution >= 0.6 is 11.3 Å². The zero-order chi connectivity index (χ0) is 19.9. The molecule has 2 amide bonds. The van der Waals surface area contributed by atoms with Crippen molar-refractivity contribution in [1.82, 2.24) is 15.3 Å². The van der Waals surface area contributed by atoms with Crippen molar-refractivity contribution in [3.63, 3.8) is 0 Å². The van der Waals surface area contributed by atoms with E-state index in [0.29, 0.717) is 30.0 Å². The van der Waals surface area contributed by atoms with Crippen LogP contribution in [0.3, 0.4) is 0 Å². The third-order valence-corrected chi connectivity index (χ3v) is 5.55. The van der Waals surface area contributed by atoms with Crippen molar-refractivity contribution in [2.75, 3.05) is 30.3 Å². The average Bonchev–Trinajstić information content (AvgIpc) is 3.22. The molecule has 1 fully saturated rings. The number of benzene rings is 1. The Morgan fingerprint density at radius 3 is 2.66 bits per heavy atom. The maximum absolute atomic E-state index is 12.3. The van der Waals surface area contributed by atoms with Crippen LogP contribution in [0.5, 0.6) is 5.88 Å². The summed E-state index contributed by atoms with van der Waals surface area (Å²) in [5.74, 6) is 2.00. The summed E-state index contributed by atoms with van der Waals surface area (Å²) < 4.78 is 5.82. The van der Waals surface area contributed by atoms with Crippen LogP contribution in [0.15, 0.2) is 53.9 Å². The van der Waals surface area contributed by atoms with E-state index < -0.39 is 6.03 Å². The highest BCUT2D eigenvalue weighted by Crippen LogP contribution is 2.25. The van der Waals surface area contributed by atoms with Crippen molar-refractivity contribution in [3.8, 4) is 16.5 Å². The molecule has 0 spiro atoms. The van der Waals surface area contributed by atoms with E-state index in [1.807, 2.05) is 41.8 Å². The molecule has 3 aromatic rings. The number of hydrogen-bond acceptors (Lipinski definition) is 6. The standard InChI is InChI=1S/C21H23N5O2S/c27-21(26-18-14-29-20(24-18)16-5-2-1-3-6-16)25-17-7-4-8-19(23-17)28-13-15-9-11-22-12-10-15/h1-8,14-15,22H,9-13H2,(H2,23,25,26,27). The molecule has 3 N–H and O–H groups in total. The van der Waals surface area contributed by atoms with Gasteiger partial charge in [0, 0.05) is 17.0 Å². The van der Waals surface area contributed by atoms with Crippen LogP contribution in [0.2, 0.25) is 0 Å². The summed E-state index contributed by atoms with van der Waals surface area (Å²) in [4.78, 5) is 21.1. The summed E-state index contributed by atoms with van der Waals surface area (Å²) in [5.41, 5.74) is 1.02. The predicted molar refractivity (Wildman–Crippen MR) is 116 cm³/mol. The van der Waals surface area contributed by atoms with Crippen LogP contribution in [0, 0.1) is 5.92 Å². The first-order valence-corrected chi connectivity index (χ1v) is 10.5. The van der Waals surface area contributed by atoms with Crippen molar-refractivity contribution in [3.05, 3.63) is 53.9 Å². The van der Waals surface area contributed by atoms with Gasteiger partial charge in [-0.1, -0.05) is 36.4 Å². The van der Waals surface area contributed by atoms with Gasteiger partial charge in [0.15, 0.2) is 0 Å². The molecular formula is C21H23N5O2S. The summed E-state index contributed by atoms with van der Waals surface area (Å²) >= 11 is 1.48. The quantitative estimate of drug-likeness (QED) is 0.567. The van der Waals surface area contributed by atoms with Gasteiger partial charge in [-0.25, -0.2) is 9.78 Å². The van der Waals surface area contributed by atoms with Crippen LogP contribution < -0.4 is 20.7 Å². The maximum atomic E-state index is 12.3. The zero-order valence-electron chi connectivity index (χ0n) is 15.9. The first kappa shape index (κ1) is 19.4. The number of urea groups is 1. The molecular weight excluding hydrogens is 386 g/mol. The van der Waals surface area contributed by atoms with Crippen LogP contribution in [0.1, 0.15) is 12.8 Å². The molecule has 2 aromatic heterocycles. The van der Waals surface area contributed by atoms with Gasteiger partial charge >= 0.3 is 6.03 Å². The number of hydrogen-bond donors (Lipinski definition) is 3. The number of thiazole rings is 1. The van der Waals surface area contributed by atoms with E-state index in [0.717, 1.165) is 36.5 Å². The van der Waals surface area contributed by atoms with Crippen LogP contribution in [-0.2, 0) is 0 Å². The Morgan fingerprint density at radius 1 is 1.03 bits per heavy atom. The molecule has 0 atom stereocenters. The van der Waals surface area contributed by atoms with Gasteiger partial charge in [-0.05, 0) is 37.9 Å². The molecule has 0 bridgehead atoms. The largest absolute Gasteiger partial charge is 0.477 e. The predicted octanol–water partition coefficient (Wildman–Crippen LogP) is 4.23. The Kier molecular flexibility index (Phi) is 6.33. The molecule has 0 radical (unpaired) electrons. The lowest BCUT2D eigenvalue weighted by molar-refractivity contribution is 0.209. The third-order valence-electron chi connectivity index (χ3n) is 4.66. The molecule has 0 aliphatic carbocycles. The third kappa shape index (κ3) is 5.52. The van der Waals surface area contributed by atoms with E-state index in [1.165, 1.54) is 11.3 Å². The molecule has 0 unspecified atom stereocenters. The Morgan fingerprint density at radius 2 is 1.83 bits per heavy atom. The van der Waals surface area contributed by atoms with Crippen molar-refractivity contribution < 1.29 is 9.53 Å². The van der Waals surface area contributed by atoms with E-state index in [1.54, 1.807) is 12.1 Å². The van der Waals surface area contributed by atoms with Gasteiger partial charge in [0.1, 0.15) is 16.6 Å². The first-order chi connectivity index (χ1) is 14.3. The molecule has 7 nitrogen and oxygen atoms in total. The van der Waals surface area contributed by atoms with Gasteiger partial charge in [-0.15, -0.1) is 11.3 Å². The molecule has 1 aromatic carbocycles. The number of piperidine rings is 1. The number of amides is 2. The van der Waals surface area contributed by atoms with Crippen LogP contribution in [0.4, 0.5) is 16.4 Å². The van der Waals surface area contributed by atoms with Crippen LogP contribution in [0.25, 0.3) is 10.6 Å². The first-order valence-electron chi connectivity index (χ1n) is 9.66. The summed E-state index contributed by atoms with van der Waals surface area (Å²) in [6.45, 7) is 2.71. The lowest BCUT2D eigenvalue weighted by Crippen LogP contribution is -2.30. The molecule has 29 heavy (non-hydrogen) atoms. The fourth-order valence-electron chi connectivity index (χ4n) is 3.12. The minimum Gasteiger partial charge on any atom is -0.477 e. The number of nitrogens with one attached hydrogen (secondary N) is 3. The fraction of sp³-hybridized carbons (Fsp3) is 0.286. The number of nitrogens with zero attached hydrogens (tertiary/aromatic N) is 2. The minimum atomic E-state index is -0.391. The Hall–Kier alpha value is -2.97. The lowest BCUT2D eigenvalue weighted by Gasteiger charge is -2.22. The summed E-state index contributed by atoms with van der Waals surface area (Å²) in [5, 5.41) is 11.5. The van der Waals surface area contributed by atoms with E-state index in [2.05, 4.69) is 25.9 Å². The van der Waals surface area contributed by atoms with Crippen molar-refractivity contribution in [2.24, 2.45) is 5.92 Å². The average molecular weight is 410 g/mol. The topological polar surface area (TPSA) is 88.2 Å². The molecule has 1 aliphatic heterocycles. The van der Waals surface area contributed by atoms with Gasteiger partial charge < -0.3 is 10.1 Å². The summed E-state index contributed by atoms with van der Waals surface area (Å²) in [6, 6.07) is 14.8. The molecule has 3 heterocycles. The second-order valence-corrected chi connectivity index (χ2v) is 7.71. The van der Waals surface area contributed by atoms with Crippen molar-refractivity contribution in [1.29, 1.82) is 0 Å². The van der Waals surface area contributed by atoms with Gasteiger partial charge in [-0.2, -0.15) is 4.98 Å². The smallest absolute Gasteiger partial charge is 0.326 e. The number of anilines is 2. The van der Waals surface area contributed by atoms with Crippen LogP contribution in [-0.4, -0.2) is 35.7 Å². The highest BCUT2D eigenvalue weighted by molar-refractivity contribution is 7.13. The molecule has 0 saturated carbocycles. The van der Waals surface area contributed by atoms with Gasteiger partial charge in [0.2, 0.25) is 5.88 Å². The highest BCUT2D eigenvalue weighted by atomic mass is 32.1. The van der Waals surface area contributed by atoms with E-state index in [4.69, 9.17) is 4.74 Å². The second-order valence-electron chi connectivity index (χ2n) is 6.85. The second kappa shape index (κ2) is 9.49. The maximum Gasteiger partial charge on any atom is 0.326 e. The Bertz CT molecular complexity index is 941. The number of carbonyl (C=O) groups is 1. The Balaban J connectivity index is 1.31. The molecule has 4 rings (SSSR count). The summed E-state index contributed by atoms with van der Waals surface area (Å²) in [6.07, 6.45) is 2.22. The number of carbonyl (C=O) groups excluding carboxylic acids is 1. The monoisotopic (exact) mass is 409 g/mol. The van der Waals surface area contributed by atoms with Crippen molar-refractivity contribution >= 4 is 29.0 Å². The number of pyridine rings is 1. The zero-order valence-corrected chi connectivity index (χ0v) is 16.7. The number of rotatable bonds is 6. The van der Waals surface area contributed by atoms with Gasteiger partial charge in [0.05, 0.1) is 6.61 Å². The SMILES string of the molecule is O=C(Nc1cccc(OCC2CCNCC2)n1)Nc1csc(-c2ccccc2)n1. The van der Waals surface area contributed by atoms with E-state index in [-0.39, 0.29) is 0 Å². The van der Waals surface area contributed by atoms with Gasteiger partial charge in [-0.3, -0.25) is 10.6 Å². The molecule has 8 heteroatoms. The summed E-state index contributed by atoms with van der Waals surface area (Å²) in [7, 11) is 0. The number of aromatic nitrogens is 2. The lowest BCUT2D eigenvalue weighted by atomic mass is 9.99. The fourth-order valence-corrected chi connectivity index (χ4v) is 3.88. The van der Waals surface area contributed by atoms with E-state index >= 15 is 0 Å². The highest BCUT2D eigenvalue weighted by Gasteiger charge is 2.14. The van der Waals surface area contributed by atoms with Gasteiger partial charge in [0.25, 0.3) is 0 Å². The Labute approximate surface area is 173 Å². The number of ether oxygens (including phenoxy) is 1. The van der Waals surface area contributed by atoms with Crippen molar-refractivity contribution in [2.45, 2.75) is 12.8 Å². The minimum absolute atomic E-state index is 0.391. The van der Waals surface area contributed by atoms with E-state index in [9.17, 15) is 4.79 Å². The molecule has 150 valence electrons. The molecule has 1 aliphatic rings.